The lowest BCUT2D eigenvalue weighted by molar-refractivity contribution is 0.102. The number of amides is 1. The SMILES string of the molecule is Cc1cc(NC(=O)c2cc(Cl)nc(Cl)c2)ccc1F. The van der Waals surface area contributed by atoms with Crippen molar-refractivity contribution in [3.05, 3.63) is 57.6 Å². The number of hydrogen-bond acceptors (Lipinski definition) is 2. The summed E-state index contributed by atoms with van der Waals surface area (Å²) in [6.45, 7) is 1.62. The second kappa shape index (κ2) is 5.55. The van der Waals surface area contributed by atoms with Crippen LogP contribution in [0.2, 0.25) is 10.3 Å². The number of aryl methyl sites for hydroxylation is 1. The zero-order valence-electron chi connectivity index (χ0n) is 9.88. The molecular formula is C13H9Cl2FN2O. The number of pyridine rings is 1. The molecule has 0 spiro atoms. The van der Waals surface area contributed by atoms with E-state index in [9.17, 15) is 9.18 Å². The fourth-order valence-electron chi connectivity index (χ4n) is 1.52. The number of nitrogens with zero attached hydrogens (tertiary/aromatic N) is 1. The first-order valence-electron chi connectivity index (χ1n) is 5.36. The fourth-order valence-corrected chi connectivity index (χ4v) is 1.98. The summed E-state index contributed by atoms with van der Waals surface area (Å²) in [5, 5.41) is 2.89. The summed E-state index contributed by atoms with van der Waals surface area (Å²) in [5.74, 6) is -0.717. The van der Waals surface area contributed by atoms with Gasteiger partial charge in [0.05, 0.1) is 0 Å². The fraction of sp³-hybridized carbons (Fsp3) is 0.0769. The Labute approximate surface area is 119 Å². The third-order valence-electron chi connectivity index (χ3n) is 2.44. The second-order valence-corrected chi connectivity index (χ2v) is 4.69. The van der Waals surface area contributed by atoms with E-state index in [2.05, 4.69) is 10.3 Å². The van der Waals surface area contributed by atoms with Gasteiger partial charge in [0.15, 0.2) is 0 Å². The van der Waals surface area contributed by atoms with Gasteiger partial charge in [-0.2, -0.15) is 0 Å². The number of anilines is 1. The van der Waals surface area contributed by atoms with Crippen molar-refractivity contribution < 1.29 is 9.18 Å². The molecule has 1 N–H and O–H groups in total. The van der Waals surface area contributed by atoms with Gasteiger partial charge in [0.1, 0.15) is 16.1 Å². The molecule has 0 aliphatic heterocycles. The van der Waals surface area contributed by atoms with Gasteiger partial charge in [0.25, 0.3) is 5.91 Å². The van der Waals surface area contributed by atoms with Gasteiger partial charge in [-0.3, -0.25) is 4.79 Å². The molecule has 19 heavy (non-hydrogen) atoms. The van der Waals surface area contributed by atoms with Gasteiger partial charge in [0, 0.05) is 11.3 Å². The Balaban J connectivity index is 2.22. The molecule has 0 saturated carbocycles. The summed E-state index contributed by atoms with van der Waals surface area (Å²) >= 11 is 11.4. The molecule has 0 bridgehead atoms. The maximum atomic E-state index is 13.1. The predicted octanol–water partition coefficient (Wildman–Crippen LogP) is 4.09. The van der Waals surface area contributed by atoms with Crippen LogP contribution in [0.3, 0.4) is 0 Å². The minimum atomic E-state index is -0.391. The molecule has 2 rings (SSSR count). The molecule has 6 heteroatoms. The van der Waals surface area contributed by atoms with Crippen LogP contribution in [0.5, 0.6) is 0 Å². The predicted molar refractivity (Wildman–Crippen MR) is 73.3 cm³/mol. The third-order valence-corrected chi connectivity index (χ3v) is 2.83. The molecular weight excluding hydrogens is 290 g/mol. The van der Waals surface area contributed by atoms with Crippen molar-refractivity contribution in [1.82, 2.24) is 4.98 Å². The lowest BCUT2D eigenvalue weighted by atomic mass is 10.2. The van der Waals surface area contributed by atoms with Crippen molar-refractivity contribution in [3.63, 3.8) is 0 Å². The number of carbonyl (C=O) groups excluding carboxylic acids is 1. The highest BCUT2D eigenvalue weighted by atomic mass is 35.5. The lowest BCUT2D eigenvalue weighted by Crippen LogP contribution is -2.12. The van der Waals surface area contributed by atoms with E-state index >= 15 is 0 Å². The van der Waals surface area contributed by atoms with Crippen LogP contribution in [0.4, 0.5) is 10.1 Å². The van der Waals surface area contributed by atoms with Gasteiger partial charge >= 0.3 is 0 Å². The summed E-state index contributed by atoms with van der Waals surface area (Å²) in [6, 6.07) is 7.11. The maximum Gasteiger partial charge on any atom is 0.255 e. The first-order chi connectivity index (χ1) is 8.95. The molecule has 0 unspecified atom stereocenters. The summed E-state index contributed by atoms with van der Waals surface area (Å²) in [5.41, 5.74) is 1.23. The number of aromatic nitrogens is 1. The summed E-state index contributed by atoms with van der Waals surface area (Å²) < 4.78 is 13.1. The minimum absolute atomic E-state index is 0.132. The molecule has 1 aromatic heterocycles. The van der Waals surface area contributed by atoms with Crippen molar-refractivity contribution in [2.45, 2.75) is 6.92 Å². The van der Waals surface area contributed by atoms with Crippen LogP contribution in [-0.4, -0.2) is 10.9 Å². The molecule has 3 nitrogen and oxygen atoms in total. The zero-order chi connectivity index (χ0) is 14.0. The Morgan fingerprint density at radius 2 is 1.84 bits per heavy atom. The van der Waals surface area contributed by atoms with E-state index in [1.807, 2.05) is 0 Å². The molecule has 0 saturated heterocycles. The largest absolute Gasteiger partial charge is 0.322 e. The molecule has 0 atom stereocenters. The van der Waals surface area contributed by atoms with Crippen molar-refractivity contribution >= 4 is 34.8 Å². The smallest absolute Gasteiger partial charge is 0.255 e. The highest BCUT2D eigenvalue weighted by molar-refractivity contribution is 6.33. The van der Waals surface area contributed by atoms with E-state index in [4.69, 9.17) is 23.2 Å². The highest BCUT2D eigenvalue weighted by Crippen LogP contribution is 2.18. The summed E-state index contributed by atoms with van der Waals surface area (Å²) in [7, 11) is 0. The molecule has 0 radical (unpaired) electrons. The van der Waals surface area contributed by atoms with E-state index in [0.717, 1.165) is 0 Å². The number of halogens is 3. The Hall–Kier alpha value is -1.65. The first kappa shape index (κ1) is 13.8. The normalized spacial score (nSPS) is 10.3. The summed E-state index contributed by atoms with van der Waals surface area (Å²) in [4.78, 5) is 15.7. The quantitative estimate of drug-likeness (QED) is 0.849. The van der Waals surface area contributed by atoms with Crippen molar-refractivity contribution in [1.29, 1.82) is 0 Å². The average Bonchev–Trinajstić information content (AvgIpc) is 2.32. The van der Waals surface area contributed by atoms with Crippen LogP contribution in [0.1, 0.15) is 15.9 Å². The highest BCUT2D eigenvalue weighted by Gasteiger charge is 2.09. The van der Waals surface area contributed by atoms with Crippen molar-refractivity contribution in [2.75, 3.05) is 5.32 Å². The van der Waals surface area contributed by atoms with Crippen LogP contribution in [0, 0.1) is 12.7 Å². The lowest BCUT2D eigenvalue weighted by Gasteiger charge is -2.07. The Morgan fingerprint density at radius 1 is 1.21 bits per heavy atom. The summed E-state index contributed by atoms with van der Waals surface area (Å²) in [6.07, 6.45) is 0. The molecule has 1 aromatic carbocycles. The molecule has 0 aliphatic carbocycles. The topological polar surface area (TPSA) is 42.0 Å². The van der Waals surface area contributed by atoms with Crippen LogP contribution < -0.4 is 5.32 Å². The third kappa shape index (κ3) is 3.43. The molecule has 1 heterocycles. The van der Waals surface area contributed by atoms with Crippen molar-refractivity contribution in [2.24, 2.45) is 0 Å². The average molecular weight is 299 g/mol. The monoisotopic (exact) mass is 298 g/mol. The van der Waals surface area contributed by atoms with Crippen LogP contribution in [0.15, 0.2) is 30.3 Å². The Kier molecular flexibility index (Phi) is 4.02. The Morgan fingerprint density at radius 3 is 2.42 bits per heavy atom. The first-order valence-corrected chi connectivity index (χ1v) is 6.12. The van der Waals surface area contributed by atoms with Crippen LogP contribution in [0.25, 0.3) is 0 Å². The molecule has 1 amide bonds. The second-order valence-electron chi connectivity index (χ2n) is 3.92. The van der Waals surface area contributed by atoms with Gasteiger partial charge in [-0.15, -0.1) is 0 Å². The number of benzene rings is 1. The number of rotatable bonds is 2. The van der Waals surface area contributed by atoms with Gasteiger partial charge in [0.2, 0.25) is 0 Å². The molecule has 2 aromatic rings. The zero-order valence-corrected chi connectivity index (χ0v) is 11.4. The molecule has 0 aliphatic rings. The van der Waals surface area contributed by atoms with Gasteiger partial charge in [-0.05, 0) is 42.8 Å². The van der Waals surface area contributed by atoms with Gasteiger partial charge in [-0.1, -0.05) is 23.2 Å². The maximum absolute atomic E-state index is 13.1. The van der Waals surface area contributed by atoms with E-state index in [1.165, 1.54) is 30.3 Å². The number of nitrogens with one attached hydrogen (secondary N) is 1. The standard InChI is InChI=1S/C13H9Cl2FN2O/c1-7-4-9(2-3-10(7)16)17-13(19)8-5-11(14)18-12(15)6-8/h2-6H,1H3,(H,17,19). The number of carbonyl (C=O) groups is 1. The van der Waals surface area contributed by atoms with Crippen molar-refractivity contribution in [3.8, 4) is 0 Å². The van der Waals surface area contributed by atoms with Crippen LogP contribution >= 0.6 is 23.2 Å². The van der Waals surface area contributed by atoms with Crippen LogP contribution in [-0.2, 0) is 0 Å². The van der Waals surface area contributed by atoms with Gasteiger partial charge in [-0.25, -0.2) is 9.37 Å². The van der Waals surface area contributed by atoms with E-state index in [1.54, 1.807) is 6.92 Å². The minimum Gasteiger partial charge on any atom is -0.322 e. The molecule has 0 fully saturated rings. The van der Waals surface area contributed by atoms with E-state index in [0.29, 0.717) is 11.3 Å². The van der Waals surface area contributed by atoms with E-state index < -0.39 is 5.91 Å². The van der Waals surface area contributed by atoms with Gasteiger partial charge < -0.3 is 5.32 Å². The number of hydrogen-bond donors (Lipinski definition) is 1. The van der Waals surface area contributed by atoms with E-state index in [-0.39, 0.29) is 21.7 Å². The Bertz CT molecular complexity index is 626. The molecule has 98 valence electrons.